The van der Waals surface area contributed by atoms with E-state index >= 15 is 0 Å². The van der Waals surface area contributed by atoms with Crippen LogP contribution in [0.1, 0.15) is 27.4 Å². The topological polar surface area (TPSA) is 64.4 Å². The van der Waals surface area contributed by atoms with Crippen molar-refractivity contribution >= 4 is 5.91 Å². The number of fused-ring (bicyclic) bond motifs is 1. The first-order chi connectivity index (χ1) is 13.1. The molecule has 2 aromatic carbocycles. The molecule has 5 nitrogen and oxygen atoms in total. The molecule has 7 heteroatoms. The van der Waals surface area contributed by atoms with Crippen molar-refractivity contribution in [2.45, 2.75) is 25.5 Å². The Hall–Kier alpha value is -3.22. The van der Waals surface area contributed by atoms with E-state index in [-0.39, 0.29) is 30.0 Å². The van der Waals surface area contributed by atoms with Gasteiger partial charge in [0.2, 0.25) is 0 Å². The predicted octanol–water partition coefficient (Wildman–Crippen LogP) is 3.43. The van der Waals surface area contributed by atoms with Gasteiger partial charge in [-0.15, -0.1) is 0 Å². The number of carbonyl (C=O) groups excluding carboxylic acids is 1. The number of nitrogens with one attached hydrogen (secondary N) is 1. The number of hydrogen-bond donors (Lipinski definition) is 1. The summed E-state index contributed by atoms with van der Waals surface area (Å²) in [5.74, 6) is -1.81. The maximum Gasteiger partial charge on any atom is 0.273 e. The van der Waals surface area contributed by atoms with E-state index in [1.165, 1.54) is 23.3 Å². The van der Waals surface area contributed by atoms with Crippen LogP contribution in [0.2, 0.25) is 0 Å². The lowest BCUT2D eigenvalue weighted by Crippen LogP contribution is -2.35. The summed E-state index contributed by atoms with van der Waals surface area (Å²) in [7, 11) is 0. The lowest BCUT2D eigenvalue weighted by Gasteiger charge is -2.09. The van der Waals surface area contributed by atoms with Crippen molar-refractivity contribution in [1.29, 1.82) is 0 Å². The molecule has 3 aromatic rings. The summed E-state index contributed by atoms with van der Waals surface area (Å²) in [6, 6.07) is 12.8. The molecule has 0 saturated carbocycles. The average Bonchev–Trinajstić information content (AvgIpc) is 3.29. The third-order valence-electron chi connectivity index (χ3n) is 4.45. The molecule has 4 rings (SSSR count). The Kier molecular flexibility index (Phi) is 4.58. The summed E-state index contributed by atoms with van der Waals surface area (Å²) in [5, 5.41) is 6.70. The molecule has 0 unspecified atom stereocenters. The van der Waals surface area contributed by atoms with Crippen LogP contribution in [0.5, 0.6) is 5.75 Å². The second-order valence-electron chi connectivity index (χ2n) is 6.39. The fourth-order valence-corrected chi connectivity index (χ4v) is 3.13. The van der Waals surface area contributed by atoms with Crippen molar-refractivity contribution < 1.29 is 22.8 Å². The third-order valence-corrected chi connectivity index (χ3v) is 4.45. The number of benzene rings is 2. The van der Waals surface area contributed by atoms with Gasteiger partial charge in [0.25, 0.3) is 5.91 Å². The fourth-order valence-electron chi connectivity index (χ4n) is 3.13. The van der Waals surface area contributed by atoms with Gasteiger partial charge in [-0.3, -0.25) is 4.79 Å². The molecule has 1 aliphatic rings. The van der Waals surface area contributed by atoms with Gasteiger partial charge in [-0.25, -0.2) is 8.78 Å². The van der Waals surface area contributed by atoms with Gasteiger partial charge in [-0.1, -0.05) is 29.4 Å². The zero-order valence-corrected chi connectivity index (χ0v) is 14.2. The van der Waals surface area contributed by atoms with Gasteiger partial charge in [-0.2, -0.15) is 0 Å². The molecule has 1 aromatic heterocycles. The highest BCUT2D eigenvalue weighted by Gasteiger charge is 2.24. The van der Waals surface area contributed by atoms with Crippen molar-refractivity contribution in [3.8, 4) is 5.75 Å². The van der Waals surface area contributed by atoms with E-state index in [0.717, 1.165) is 25.0 Å². The number of amides is 1. The zero-order valence-electron chi connectivity index (χ0n) is 14.2. The maximum absolute atomic E-state index is 13.2. The van der Waals surface area contributed by atoms with Crippen LogP contribution in [0.25, 0.3) is 0 Å². The molecular weight excluding hydrogens is 354 g/mol. The van der Waals surface area contributed by atoms with E-state index in [4.69, 9.17) is 9.26 Å². The number of halogens is 2. The molecule has 27 heavy (non-hydrogen) atoms. The Morgan fingerprint density at radius 3 is 2.56 bits per heavy atom. The monoisotopic (exact) mass is 370 g/mol. The van der Waals surface area contributed by atoms with Gasteiger partial charge in [0, 0.05) is 18.2 Å². The van der Waals surface area contributed by atoms with Crippen LogP contribution < -0.4 is 10.1 Å². The van der Waals surface area contributed by atoms with E-state index in [1.54, 1.807) is 0 Å². The number of hydrogen-bond acceptors (Lipinski definition) is 4. The number of aromatic nitrogens is 1. The third kappa shape index (κ3) is 3.81. The van der Waals surface area contributed by atoms with Crippen molar-refractivity contribution in [3.05, 3.63) is 82.7 Å². The van der Waals surface area contributed by atoms with Crippen LogP contribution >= 0.6 is 0 Å². The summed E-state index contributed by atoms with van der Waals surface area (Å²) < 4.78 is 36.5. The van der Waals surface area contributed by atoms with Crippen molar-refractivity contribution in [1.82, 2.24) is 10.5 Å². The zero-order chi connectivity index (χ0) is 18.8. The first-order valence-electron chi connectivity index (χ1n) is 8.49. The Morgan fingerprint density at radius 2 is 1.85 bits per heavy atom. The van der Waals surface area contributed by atoms with Crippen LogP contribution in [-0.4, -0.2) is 17.1 Å². The first kappa shape index (κ1) is 17.2. The summed E-state index contributed by atoms with van der Waals surface area (Å²) in [4.78, 5) is 12.4. The first-order valence-corrected chi connectivity index (χ1v) is 8.49. The van der Waals surface area contributed by atoms with Crippen LogP contribution in [0, 0.1) is 11.6 Å². The van der Waals surface area contributed by atoms with Gasteiger partial charge >= 0.3 is 0 Å². The Labute approximate surface area is 153 Å². The van der Waals surface area contributed by atoms with E-state index in [2.05, 4.69) is 22.6 Å². The lowest BCUT2D eigenvalue weighted by atomic mass is 10.1. The lowest BCUT2D eigenvalue weighted by molar-refractivity contribution is 0.0929. The highest BCUT2D eigenvalue weighted by Crippen LogP contribution is 2.22. The molecule has 0 bridgehead atoms. The molecule has 1 aliphatic carbocycles. The Bertz CT molecular complexity index is 962. The van der Waals surface area contributed by atoms with Crippen LogP contribution in [0.4, 0.5) is 8.78 Å². The van der Waals surface area contributed by atoms with Crippen LogP contribution in [0.15, 0.2) is 53.1 Å². The smallest absolute Gasteiger partial charge is 0.273 e. The fraction of sp³-hybridized carbons (Fsp3) is 0.200. The minimum atomic E-state index is -0.998. The highest BCUT2D eigenvalue weighted by molar-refractivity contribution is 5.92. The number of rotatable bonds is 5. The summed E-state index contributed by atoms with van der Waals surface area (Å²) >= 11 is 0. The molecule has 0 fully saturated rings. The molecule has 0 saturated heterocycles. The molecule has 0 spiro atoms. The molecule has 138 valence electrons. The SMILES string of the molecule is O=C(NC1Cc2ccccc2C1)c1cc(COc2ccc(F)c(F)c2)on1. The summed E-state index contributed by atoms with van der Waals surface area (Å²) in [6.45, 7) is -0.0553. The summed E-state index contributed by atoms with van der Waals surface area (Å²) in [5.41, 5.74) is 2.63. The van der Waals surface area contributed by atoms with Gasteiger partial charge in [-0.05, 0) is 36.1 Å². The minimum Gasteiger partial charge on any atom is -0.485 e. The number of nitrogens with zero attached hydrogens (tertiary/aromatic N) is 1. The van der Waals surface area contributed by atoms with Crippen LogP contribution in [-0.2, 0) is 19.4 Å². The van der Waals surface area contributed by atoms with Crippen molar-refractivity contribution in [2.24, 2.45) is 0 Å². The molecule has 1 amide bonds. The average molecular weight is 370 g/mol. The Morgan fingerprint density at radius 1 is 1.11 bits per heavy atom. The van der Waals surface area contributed by atoms with Crippen LogP contribution in [0.3, 0.4) is 0 Å². The number of ether oxygens (including phenoxy) is 1. The van der Waals surface area contributed by atoms with Crippen molar-refractivity contribution in [3.63, 3.8) is 0 Å². The standard InChI is InChI=1S/C20H16F2N2O3/c21-17-6-5-15(9-18(17)22)26-11-16-10-19(24-27-16)20(25)23-14-7-12-3-1-2-4-13(12)8-14/h1-6,9-10,14H,7-8,11H2,(H,23,25). The maximum atomic E-state index is 13.2. The predicted molar refractivity (Wildman–Crippen MR) is 92.3 cm³/mol. The second-order valence-corrected chi connectivity index (χ2v) is 6.39. The van der Waals surface area contributed by atoms with Gasteiger partial charge in [0.05, 0.1) is 0 Å². The van der Waals surface area contributed by atoms with Gasteiger partial charge in [0.15, 0.2) is 23.1 Å². The molecule has 0 radical (unpaired) electrons. The minimum absolute atomic E-state index is 0.0218. The molecule has 1 N–H and O–H groups in total. The second kappa shape index (κ2) is 7.19. The van der Waals surface area contributed by atoms with E-state index in [9.17, 15) is 13.6 Å². The molecular formula is C20H16F2N2O3. The largest absolute Gasteiger partial charge is 0.485 e. The van der Waals surface area contributed by atoms with E-state index in [1.807, 2.05) is 12.1 Å². The highest BCUT2D eigenvalue weighted by atomic mass is 19.2. The van der Waals surface area contributed by atoms with E-state index in [0.29, 0.717) is 5.76 Å². The van der Waals surface area contributed by atoms with Crippen molar-refractivity contribution in [2.75, 3.05) is 0 Å². The van der Waals surface area contributed by atoms with Gasteiger partial charge < -0.3 is 14.6 Å². The number of carbonyl (C=O) groups is 1. The molecule has 0 atom stereocenters. The molecule has 0 aliphatic heterocycles. The summed E-state index contributed by atoms with van der Waals surface area (Å²) in [6.07, 6.45) is 1.57. The quantitative estimate of drug-likeness (QED) is 0.747. The van der Waals surface area contributed by atoms with E-state index < -0.39 is 11.6 Å². The normalized spacial score (nSPS) is 13.4. The molecule has 1 heterocycles. The van der Waals surface area contributed by atoms with Gasteiger partial charge in [0.1, 0.15) is 12.4 Å². The Balaban J connectivity index is 1.33.